The number of nitrogens with zero attached hydrogens (tertiary/aromatic N) is 3. The van der Waals surface area contributed by atoms with E-state index < -0.39 is 5.97 Å². The fourth-order valence-corrected chi connectivity index (χ4v) is 5.91. The minimum Gasteiger partial charge on any atom is -0.493 e. The number of anilines is 1. The predicted octanol–water partition coefficient (Wildman–Crippen LogP) is 6.55. The number of hydrogen-bond acceptors (Lipinski definition) is 8. The number of hydrogen-bond donors (Lipinski definition) is 1. The highest BCUT2D eigenvalue weighted by molar-refractivity contribution is 7.99. The summed E-state index contributed by atoms with van der Waals surface area (Å²) >= 11 is 2.66. The normalized spacial score (nSPS) is 11.0. The molecule has 0 aliphatic rings. The van der Waals surface area contributed by atoms with E-state index in [4.69, 9.17) is 9.47 Å². The van der Waals surface area contributed by atoms with Crippen LogP contribution in [0.4, 0.5) is 5.00 Å². The highest BCUT2D eigenvalue weighted by Gasteiger charge is 2.25. The molecular formula is C29H32N4O4S2. The fourth-order valence-electron chi connectivity index (χ4n) is 4.03. The number of thioether (sulfide) groups is 1. The SMILES string of the molecule is CCn1c(SCC(=O)Nc2sc(C)c(-c3ccccc3)c2C(=O)OC)nnc1-c1ccc(OCC(C)C)cc1. The Morgan fingerprint density at radius 2 is 1.77 bits per heavy atom. The molecule has 10 heteroatoms. The Labute approximate surface area is 236 Å². The second kappa shape index (κ2) is 12.9. The average Bonchev–Trinajstić information content (AvgIpc) is 3.50. The number of aryl methyl sites for hydroxylation is 1. The molecule has 0 bridgehead atoms. The summed E-state index contributed by atoms with van der Waals surface area (Å²) in [4.78, 5) is 26.6. The molecule has 1 N–H and O–H groups in total. The molecule has 2 aromatic carbocycles. The van der Waals surface area contributed by atoms with Crippen LogP contribution in [0, 0.1) is 12.8 Å². The molecule has 204 valence electrons. The van der Waals surface area contributed by atoms with Crippen LogP contribution in [-0.4, -0.2) is 46.1 Å². The molecule has 4 aromatic rings. The van der Waals surface area contributed by atoms with Gasteiger partial charge in [0.2, 0.25) is 5.91 Å². The predicted molar refractivity (Wildman–Crippen MR) is 157 cm³/mol. The molecule has 0 atom stereocenters. The zero-order chi connectivity index (χ0) is 27.9. The minimum absolute atomic E-state index is 0.109. The molecule has 0 fully saturated rings. The van der Waals surface area contributed by atoms with Gasteiger partial charge in [0.1, 0.15) is 16.3 Å². The van der Waals surface area contributed by atoms with Gasteiger partial charge in [-0.15, -0.1) is 21.5 Å². The molecular weight excluding hydrogens is 532 g/mol. The first-order chi connectivity index (χ1) is 18.8. The van der Waals surface area contributed by atoms with Gasteiger partial charge in [0, 0.05) is 22.5 Å². The molecule has 0 spiro atoms. The largest absolute Gasteiger partial charge is 0.493 e. The topological polar surface area (TPSA) is 95.3 Å². The Balaban J connectivity index is 1.48. The second-order valence-corrected chi connectivity index (χ2v) is 11.4. The number of aromatic nitrogens is 3. The lowest BCUT2D eigenvalue weighted by atomic mass is 10.0. The molecule has 39 heavy (non-hydrogen) atoms. The maximum absolute atomic E-state index is 13.0. The first-order valence-corrected chi connectivity index (χ1v) is 14.5. The Morgan fingerprint density at radius 1 is 1.05 bits per heavy atom. The molecule has 0 radical (unpaired) electrons. The van der Waals surface area contributed by atoms with Crippen LogP contribution in [0.25, 0.3) is 22.5 Å². The standard InChI is InChI=1S/C29H32N4O4S2/c1-6-33-26(21-12-14-22(15-13-21)37-16-18(2)3)31-32-29(33)38-17-23(34)30-27-25(28(35)36-5)24(19(4)39-27)20-10-8-7-9-11-20/h7-15,18H,6,16-17H2,1-5H3,(H,30,34). The third-order valence-electron chi connectivity index (χ3n) is 5.85. The van der Waals surface area contributed by atoms with Crippen LogP contribution in [0.1, 0.15) is 36.0 Å². The summed E-state index contributed by atoms with van der Waals surface area (Å²) < 4.78 is 12.8. The number of rotatable bonds is 11. The molecule has 0 unspecified atom stereocenters. The Kier molecular flexibility index (Phi) is 9.42. The van der Waals surface area contributed by atoms with Gasteiger partial charge in [-0.3, -0.25) is 4.79 Å². The smallest absolute Gasteiger partial charge is 0.341 e. The molecule has 2 heterocycles. The van der Waals surface area contributed by atoms with Gasteiger partial charge < -0.3 is 19.4 Å². The summed E-state index contributed by atoms with van der Waals surface area (Å²) in [5, 5.41) is 12.7. The summed E-state index contributed by atoms with van der Waals surface area (Å²) in [6, 6.07) is 17.4. The van der Waals surface area contributed by atoms with Gasteiger partial charge in [0.25, 0.3) is 0 Å². The number of ether oxygens (including phenoxy) is 2. The van der Waals surface area contributed by atoms with E-state index in [9.17, 15) is 9.59 Å². The monoisotopic (exact) mass is 564 g/mol. The molecule has 0 aliphatic heterocycles. The number of esters is 1. The highest BCUT2D eigenvalue weighted by atomic mass is 32.2. The Hall–Kier alpha value is -3.63. The van der Waals surface area contributed by atoms with Crippen molar-refractivity contribution in [1.29, 1.82) is 0 Å². The number of amides is 1. The van der Waals surface area contributed by atoms with Crippen molar-refractivity contribution in [2.75, 3.05) is 24.8 Å². The average molecular weight is 565 g/mol. The minimum atomic E-state index is -0.489. The van der Waals surface area contributed by atoms with E-state index in [0.29, 0.717) is 34.8 Å². The van der Waals surface area contributed by atoms with E-state index in [-0.39, 0.29) is 11.7 Å². The number of carbonyl (C=O) groups is 2. The van der Waals surface area contributed by atoms with Crippen molar-refractivity contribution in [1.82, 2.24) is 14.8 Å². The third-order valence-corrected chi connectivity index (χ3v) is 7.84. The van der Waals surface area contributed by atoms with Crippen LogP contribution in [0.2, 0.25) is 0 Å². The van der Waals surface area contributed by atoms with Crippen LogP contribution in [-0.2, 0) is 16.1 Å². The first kappa shape index (κ1) is 28.4. The van der Waals surface area contributed by atoms with Gasteiger partial charge >= 0.3 is 5.97 Å². The second-order valence-electron chi connectivity index (χ2n) is 9.21. The van der Waals surface area contributed by atoms with Crippen molar-refractivity contribution in [3.8, 4) is 28.3 Å². The summed E-state index contributed by atoms with van der Waals surface area (Å²) in [6.07, 6.45) is 0. The van der Waals surface area contributed by atoms with E-state index in [2.05, 4.69) is 29.4 Å². The van der Waals surface area contributed by atoms with Crippen molar-refractivity contribution in [2.45, 2.75) is 39.4 Å². The Morgan fingerprint density at radius 3 is 2.41 bits per heavy atom. The van der Waals surface area contributed by atoms with Crippen molar-refractivity contribution < 1.29 is 19.1 Å². The zero-order valence-electron chi connectivity index (χ0n) is 22.7. The number of methoxy groups -OCH3 is 1. The van der Waals surface area contributed by atoms with Crippen LogP contribution in [0.3, 0.4) is 0 Å². The molecule has 0 saturated carbocycles. The third kappa shape index (κ3) is 6.69. The van der Waals surface area contributed by atoms with Crippen LogP contribution < -0.4 is 10.1 Å². The maximum atomic E-state index is 13.0. The van der Waals surface area contributed by atoms with Gasteiger partial charge in [-0.05, 0) is 49.6 Å². The van der Waals surface area contributed by atoms with Crippen molar-refractivity contribution in [3.05, 3.63) is 65.0 Å². The number of carbonyl (C=O) groups excluding carboxylic acids is 2. The highest BCUT2D eigenvalue weighted by Crippen LogP contribution is 2.40. The lowest BCUT2D eigenvalue weighted by Crippen LogP contribution is -2.16. The van der Waals surface area contributed by atoms with Crippen LogP contribution in [0.15, 0.2) is 59.8 Å². The van der Waals surface area contributed by atoms with Crippen LogP contribution in [0.5, 0.6) is 5.75 Å². The van der Waals surface area contributed by atoms with Crippen molar-refractivity contribution >= 4 is 40.0 Å². The van der Waals surface area contributed by atoms with Gasteiger partial charge in [-0.2, -0.15) is 0 Å². The molecule has 1 amide bonds. The first-order valence-electron chi connectivity index (χ1n) is 12.7. The lowest BCUT2D eigenvalue weighted by Gasteiger charge is -2.10. The molecule has 0 saturated heterocycles. The van der Waals surface area contributed by atoms with E-state index in [1.165, 1.54) is 30.2 Å². The fraction of sp³-hybridized carbons (Fsp3) is 0.310. The van der Waals surface area contributed by atoms with Crippen molar-refractivity contribution in [3.63, 3.8) is 0 Å². The van der Waals surface area contributed by atoms with E-state index in [0.717, 1.165) is 33.1 Å². The summed E-state index contributed by atoms with van der Waals surface area (Å²) in [7, 11) is 1.34. The van der Waals surface area contributed by atoms with Gasteiger partial charge in [-0.25, -0.2) is 4.79 Å². The quantitative estimate of drug-likeness (QED) is 0.163. The Bertz CT molecular complexity index is 1430. The molecule has 8 nitrogen and oxygen atoms in total. The summed E-state index contributed by atoms with van der Waals surface area (Å²) in [6.45, 7) is 9.47. The zero-order valence-corrected chi connectivity index (χ0v) is 24.3. The molecule has 2 aromatic heterocycles. The maximum Gasteiger partial charge on any atom is 0.341 e. The number of benzene rings is 2. The summed E-state index contributed by atoms with van der Waals surface area (Å²) in [5.74, 6) is 1.36. The number of nitrogens with one attached hydrogen (secondary N) is 1. The summed E-state index contributed by atoms with van der Waals surface area (Å²) in [5.41, 5.74) is 2.95. The number of thiophene rings is 1. The van der Waals surface area contributed by atoms with E-state index in [1.54, 1.807) is 0 Å². The molecule has 0 aliphatic carbocycles. The van der Waals surface area contributed by atoms with Crippen LogP contribution >= 0.6 is 23.1 Å². The van der Waals surface area contributed by atoms with Gasteiger partial charge in [0.05, 0.1) is 19.5 Å². The lowest BCUT2D eigenvalue weighted by molar-refractivity contribution is -0.113. The van der Waals surface area contributed by atoms with Gasteiger partial charge in [-0.1, -0.05) is 55.9 Å². The van der Waals surface area contributed by atoms with Crippen molar-refractivity contribution in [2.24, 2.45) is 5.92 Å². The van der Waals surface area contributed by atoms with E-state index in [1.807, 2.05) is 73.0 Å². The van der Waals surface area contributed by atoms with E-state index >= 15 is 0 Å². The molecule has 4 rings (SSSR count). The van der Waals surface area contributed by atoms with Gasteiger partial charge in [0.15, 0.2) is 11.0 Å².